The van der Waals surface area contributed by atoms with Crippen molar-refractivity contribution in [3.8, 4) is 5.75 Å². The van der Waals surface area contributed by atoms with Gasteiger partial charge in [-0.15, -0.1) is 0 Å². The fourth-order valence-corrected chi connectivity index (χ4v) is 2.44. The van der Waals surface area contributed by atoms with Crippen molar-refractivity contribution in [3.63, 3.8) is 0 Å². The predicted octanol–water partition coefficient (Wildman–Crippen LogP) is 2.56. The number of amides is 1. The average molecular weight is 274 g/mol. The van der Waals surface area contributed by atoms with Crippen LogP contribution in [-0.4, -0.2) is 25.1 Å². The molecule has 1 atom stereocenters. The van der Waals surface area contributed by atoms with Crippen molar-refractivity contribution in [2.75, 3.05) is 18.5 Å². The number of hydrogen-bond acceptors (Lipinski definition) is 3. The lowest BCUT2D eigenvalue weighted by atomic mass is 10.0. The average Bonchev–Trinajstić information content (AvgIpc) is 3.32. The lowest BCUT2D eigenvalue weighted by Crippen LogP contribution is -2.43. The first-order valence-corrected chi connectivity index (χ1v) is 7.58. The molecule has 1 saturated heterocycles. The third-order valence-corrected chi connectivity index (χ3v) is 3.93. The minimum absolute atomic E-state index is 0.0467. The van der Waals surface area contributed by atoms with Crippen molar-refractivity contribution in [3.05, 3.63) is 24.3 Å². The van der Waals surface area contributed by atoms with Crippen molar-refractivity contribution in [1.29, 1.82) is 0 Å². The second-order valence-electron chi connectivity index (χ2n) is 5.77. The molecule has 1 amide bonds. The van der Waals surface area contributed by atoms with E-state index in [0.717, 1.165) is 49.8 Å². The van der Waals surface area contributed by atoms with Crippen LogP contribution in [0.15, 0.2) is 24.3 Å². The summed E-state index contributed by atoms with van der Waals surface area (Å²) in [6, 6.07) is 7.61. The molecule has 1 aromatic carbocycles. The highest BCUT2D eigenvalue weighted by atomic mass is 16.5. The molecule has 0 radical (unpaired) electrons. The van der Waals surface area contributed by atoms with E-state index >= 15 is 0 Å². The van der Waals surface area contributed by atoms with Crippen molar-refractivity contribution < 1.29 is 9.53 Å². The highest BCUT2D eigenvalue weighted by molar-refractivity contribution is 5.94. The lowest BCUT2D eigenvalue weighted by molar-refractivity contribution is -0.118. The lowest BCUT2D eigenvalue weighted by Gasteiger charge is -2.22. The second kappa shape index (κ2) is 6.27. The number of carbonyl (C=O) groups is 1. The largest absolute Gasteiger partial charge is 0.493 e. The van der Waals surface area contributed by atoms with Gasteiger partial charge in [0.1, 0.15) is 5.75 Å². The van der Waals surface area contributed by atoms with Crippen molar-refractivity contribution in [2.24, 2.45) is 5.92 Å². The van der Waals surface area contributed by atoms with Crippen molar-refractivity contribution in [1.82, 2.24) is 5.32 Å². The molecule has 3 rings (SSSR count). The molecule has 2 N–H and O–H groups in total. The van der Waals surface area contributed by atoms with Crippen molar-refractivity contribution >= 4 is 11.6 Å². The van der Waals surface area contributed by atoms with E-state index in [-0.39, 0.29) is 11.9 Å². The van der Waals surface area contributed by atoms with Gasteiger partial charge in [-0.1, -0.05) is 6.42 Å². The Kier molecular flexibility index (Phi) is 4.21. The molecule has 20 heavy (non-hydrogen) atoms. The molecular formula is C16H22N2O2. The van der Waals surface area contributed by atoms with Crippen LogP contribution in [0.2, 0.25) is 0 Å². The number of nitrogens with one attached hydrogen (secondary N) is 2. The van der Waals surface area contributed by atoms with Crippen LogP contribution in [0.4, 0.5) is 5.69 Å². The zero-order valence-corrected chi connectivity index (χ0v) is 11.7. The number of rotatable bonds is 5. The first kappa shape index (κ1) is 13.4. The van der Waals surface area contributed by atoms with E-state index in [4.69, 9.17) is 4.74 Å². The molecule has 4 nitrogen and oxygen atoms in total. The van der Waals surface area contributed by atoms with Gasteiger partial charge in [0, 0.05) is 5.69 Å². The summed E-state index contributed by atoms with van der Waals surface area (Å²) in [5.41, 5.74) is 0.834. The van der Waals surface area contributed by atoms with Gasteiger partial charge in [-0.05, 0) is 62.4 Å². The van der Waals surface area contributed by atoms with Crippen LogP contribution in [0.5, 0.6) is 5.75 Å². The zero-order chi connectivity index (χ0) is 13.8. The molecular weight excluding hydrogens is 252 g/mol. The third-order valence-electron chi connectivity index (χ3n) is 3.93. The number of carbonyl (C=O) groups excluding carboxylic acids is 1. The summed E-state index contributed by atoms with van der Waals surface area (Å²) in [5.74, 6) is 1.70. The van der Waals surface area contributed by atoms with Crippen LogP contribution in [0.1, 0.15) is 32.1 Å². The van der Waals surface area contributed by atoms with Gasteiger partial charge in [0.15, 0.2) is 0 Å². The second-order valence-corrected chi connectivity index (χ2v) is 5.77. The van der Waals surface area contributed by atoms with Gasteiger partial charge in [0.2, 0.25) is 5.91 Å². The number of hydrogen-bond donors (Lipinski definition) is 2. The zero-order valence-electron chi connectivity index (χ0n) is 11.7. The highest BCUT2D eigenvalue weighted by Crippen LogP contribution is 2.29. The monoisotopic (exact) mass is 274 g/mol. The van der Waals surface area contributed by atoms with Gasteiger partial charge in [0.25, 0.3) is 0 Å². The summed E-state index contributed by atoms with van der Waals surface area (Å²) in [7, 11) is 0. The fourth-order valence-electron chi connectivity index (χ4n) is 2.44. The fraction of sp³-hybridized carbons (Fsp3) is 0.562. The van der Waals surface area contributed by atoms with E-state index in [1.807, 2.05) is 24.3 Å². The van der Waals surface area contributed by atoms with Crippen LogP contribution in [0.3, 0.4) is 0 Å². The van der Waals surface area contributed by atoms with Gasteiger partial charge in [-0.25, -0.2) is 0 Å². The van der Waals surface area contributed by atoms with E-state index in [1.165, 1.54) is 12.8 Å². The van der Waals surface area contributed by atoms with Crippen LogP contribution in [-0.2, 0) is 4.79 Å². The first-order valence-electron chi connectivity index (χ1n) is 7.58. The number of benzene rings is 1. The van der Waals surface area contributed by atoms with E-state index in [9.17, 15) is 4.79 Å². The minimum Gasteiger partial charge on any atom is -0.493 e. The predicted molar refractivity (Wildman–Crippen MR) is 78.9 cm³/mol. The smallest absolute Gasteiger partial charge is 0.241 e. The summed E-state index contributed by atoms with van der Waals surface area (Å²) in [6.07, 6.45) is 5.80. The molecule has 1 heterocycles. The Morgan fingerprint density at radius 1 is 1.20 bits per heavy atom. The Labute approximate surface area is 119 Å². The maximum Gasteiger partial charge on any atom is 0.241 e. The maximum absolute atomic E-state index is 12.1. The molecule has 0 aromatic heterocycles. The topological polar surface area (TPSA) is 50.4 Å². The van der Waals surface area contributed by atoms with Gasteiger partial charge >= 0.3 is 0 Å². The summed E-state index contributed by atoms with van der Waals surface area (Å²) in [4.78, 5) is 12.1. The molecule has 1 unspecified atom stereocenters. The van der Waals surface area contributed by atoms with Crippen LogP contribution >= 0.6 is 0 Å². The van der Waals surface area contributed by atoms with Gasteiger partial charge in [-0.2, -0.15) is 0 Å². The Morgan fingerprint density at radius 2 is 2.00 bits per heavy atom. The number of piperidine rings is 1. The van der Waals surface area contributed by atoms with Crippen LogP contribution < -0.4 is 15.4 Å². The van der Waals surface area contributed by atoms with E-state index in [0.29, 0.717) is 0 Å². The summed E-state index contributed by atoms with van der Waals surface area (Å²) >= 11 is 0. The Bertz CT molecular complexity index is 448. The van der Waals surface area contributed by atoms with E-state index < -0.39 is 0 Å². The Morgan fingerprint density at radius 3 is 2.65 bits per heavy atom. The first-order chi connectivity index (χ1) is 9.81. The maximum atomic E-state index is 12.1. The normalized spacial score (nSPS) is 22.3. The molecule has 0 spiro atoms. The van der Waals surface area contributed by atoms with Crippen LogP contribution in [0.25, 0.3) is 0 Å². The number of ether oxygens (including phenoxy) is 1. The standard InChI is InChI=1S/C16H22N2O2/c19-16(15-3-1-2-10-17-15)18-13-6-8-14(9-7-13)20-11-12-4-5-12/h6-9,12,15,17H,1-5,10-11H2,(H,18,19). The molecule has 108 valence electrons. The highest BCUT2D eigenvalue weighted by Gasteiger charge is 2.22. The SMILES string of the molecule is O=C(Nc1ccc(OCC2CC2)cc1)C1CCCCN1. The summed E-state index contributed by atoms with van der Waals surface area (Å²) in [5, 5.41) is 6.21. The number of anilines is 1. The molecule has 2 aliphatic rings. The molecule has 1 aliphatic heterocycles. The molecule has 1 aliphatic carbocycles. The van der Waals surface area contributed by atoms with Gasteiger partial charge in [0.05, 0.1) is 12.6 Å². The third kappa shape index (κ3) is 3.73. The van der Waals surface area contributed by atoms with Crippen LogP contribution in [0, 0.1) is 5.92 Å². The molecule has 0 bridgehead atoms. The Hall–Kier alpha value is -1.55. The molecule has 1 aromatic rings. The molecule has 1 saturated carbocycles. The van der Waals surface area contributed by atoms with Gasteiger partial charge < -0.3 is 15.4 Å². The van der Waals surface area contributed by atoms with Gasteiger partial charge in [-0.3, -0.25) is 4.79 Å². The summed E-state index contributed by atoms with van der Waals surface area (Å²) in [6.45, 7) is 1.75. The Balaban J connectivity index is 1.49. The summed E-state index contributed by atoms with van der Waals surface area (Å²) < 4.78 is 5.68. The molecule has 4 heteroatoms. The quantitative estimate of drug-likeness (QED) is 0.867. The minimum atomic E-state index is -0.0467. The van der Waals surface area contributed by atoms with E-state index in [1.54, 1.807) is 0 Å². The van der Waals surface area contributed by atoms with E-state index in [2.05, 4.69) is 10.6 Å². The molecule has 2 fully saturated rings. The van der Waals surface area contributed by atoms with Crippen molar-refractivity contribution in [2.45, 2.75) is 38.1 Å².